The van der Waals surface area contributed by atoms with E-state index in [9.17, 15) is 0 Å². The first-order valence-electron chi connectivity index (χ1n) is 18.1. The van der Waals surface area contributed by atoms with Gasteiger partial charge in [0, 0.05) is 10.9 Å². The van der Waals surface area contributed by atoms with Crippen LogP contribution in [0.4, 0.5) is 0 Å². The Bertz CT molecular complexity index is 2940. The first-order valence-corrected chi connectivity index (χ1v) is 18.1. The lowest BCUT2D eigenvalue weighted by atomic mass is 9.69. The smallest absolute Gasteiger partial charge is 0.135 e. The van der Waals surface area contributed by atoms with E-state index in [4.69, 9.17) is 4.74 Å². The summed E-state index contributed by atoms with van der Waals surface area (Å²) in [6.45, 7) is 0. The number of rotatable bonds is 2. The van der Waals surface area contributed by atoms with Gasteiger partial charge in [-0.15, -0.1) is 0 Å². The van der Waals surface area contributed by atoms with Crippen molar-refractivity contribution in [3.8, 4) is 67.1 Å². The maximum absolute atomic E-state index is 6.49. The molecule has 0 unspecified atom stereocenters. The van der Waals surface area contributed by atoms with Crippen molar-refractivity contribution in [1.29, 1.82) is 0 Å². The van der Waals surface area contributed by atoms with Crippen LogP contribution in [-0.4, -0.2) is 0 Å². The van der Waals surface area contributed by atoms with Gasteiger partial charge in [0.25, 0.3) is 0 Å². The van der Waals surface area contributed by atoms with Crippen LogP contribution in [0.25, 0.3) is 77.2 Å². The summed E-state index contributed by atoms with van der Waals surface area (Å²) in [5.74, 6) is 1.83. The summed E-state index contributed by atoms with van der Waals surface area (Å²) in [6, 6.07) is 67.3. The normalized spacial score (nSPS) is 13.7. The molecule has 1 nitrogen and oxygen atoms in total. The van der Waals surface area contributed by atoms with E-state index in [1.54, 1.807) is 0 Å². The molecule has 0 aromatic heterocycles. The van der Waals surface area contributed by atoms with Gasteiger partial charge in [-0.1, -0.05) is 158 Å². The molecule has 0 saturated heterocycles. The highest BCUT2D eigenvalue weighted by atomic mass is 16.5. The fourth-order valence-electron chi connectivity index (χ4n) is 9.80. The number of benzene rings is 9. The van der Waals surface area contributed by atoms with Gasteiger partial charge in [-0.05, 0) is 113 Å². The van der Waals surface area contributed by atoms with Gasteiger partial charge in [0.15, 0.2) is 0 Å². The van der Waals surface area contributed by atoms with Crippen molar-refractivity contribution in [3.05, 3.63) is 204 Å². The zero-order valence-corrected chi connectivity index (χ0v) is 28.2. The van der Waals surface area contributed by atoms with Crippen LogP contribution in [0.1, 0.15) is 22.3 Å². The lowest BCUT2D eigenvalue weighted by Crippen LogP contribution is -2.26. The van der Waals surface area contributed by atoms with E-state index in [1.165, 1.54) is 93.9 Å². The van der Waals surface area contributed by atoms with Crippen LogP contribution in [-0.2, 0) is 5.41 Å². The average Bonchev–Trinajstić information content (AvgIpc) is 3.68. The molecule has 2 aliphatic carbocycles. The van der Waals surface area contributed by atoms with Gasteiger partial charge >= 0.3 is 0 Å². The molecule has 0 fully saturated rings. The largest absolute Gasteiger partial charge is 0.456 e. The number of ether oxygens (including phenoxy) is 1. The third-order valence-corrected chi connectivity index (χ3v) is 11.9. The minimum absolute atomic E-state index is 0.468. The Labute approximate surface area is 302 Å². The Hall–Kier alpha value is -6.70. The summed E-state index contributed by atoms with van der Waals surface area (Å²) in [6.07, 6.45) is 0. The van der Waals surface area contributed by atoms with E-state index in [-0.39, 0.29) is 0 Å². The molecule has 9 aromatic rings. The van der Waals surface area contributed by atoms with Gasteiger partial charge in [-0.3, -0.25) is 0 Å². The second kappa shape index (κ2) is 10.2. The Morgan fingerprint density at radius 3 is 1.79 bits per heavy atom. The second-order valence-corrected chi connectivity index (χ2v) is 14.3. The van der Waals surface area contributed by atoms with Crippen LogP contribution in [0.5, 0.6) is 11.5 Å². The Morgan fingerprint density at radius 2 is 0.962 bits per heavy atom. The zero-order chi connectivity index (χ0) is 34.0. The lowest BCUT2D eigenvalue weighted by molar-refractivity contribution is 0.487. The molecule has 0 saturated carbocycles. The zero-order valence-electron chi connectivity index (χ0n) is 28.2. The molecule has 1 heteroatoms. The molecule has 0 radical (unpaired) electrons. The van der Waals surface area contributed by atoms with Crippen molar-refractivity contribution >= 4 is 21.5 Å². The molecule has 0 bridgehead atoms. The Kier molecular flexibility index (Phi) is 5.49. The summed E-state index contributed by atoms with van der Waals surface area (Å²) >= 11 is 0. The molecule has 240 valence electrons. The van der Waals surface area contributed by atoms with Crippen molar-refractivity contribution in [3.63, 3.8) is 0 Å². The molecule has 1 spiro atoms. The fourth-order valence-corrected chi connectivity index (χ4v) is 9.80. The van der Waals surface area contributed by atoms with Gasteiger partial charge in [-0.2, -0.15) is 0 Å². The summed E-state index contributed by atoms with van der Waals surface area (Å²) in [7, 11) is 0. The monoisotopic (exact) mass is 658 g/mol. The predicted octanol–water partition coefficient (Wildman–Crippen LogP) is 13.4. The third-order valence-electron chi connectivity index (χ3n) is 11.9. The van der Waals surface area contributed by atoms with E-state index in [1.807, 2.05) is 0 Å². The summed E-state index contributed by atoms with van der Waals surface area (Å²) in [5, 5.41) is 4.97. The van der Waals surface area contributed by atoms with Gasteiger partial charge < -0.3 is 4.74 Å². The van der Waals surface area contributed by atoms with Crippen LogP contribution in [0.15, 0.2) is 182 Å². The van der Waals surface area contributed by atoms with Crippen LogP contribution in [0, 0.1) is 0 Å². The molecule has 52 heavy (non-hydrogen) atoms. The second-order valence-electron chi connectivity index (χ2n) is 14.3. The third kappa shape index (κ3) is 3.52. The molecule has 0 amide bonds. The molecular formula is C51H30O. The van der Waals surface area contributed by atoms with Crippen LogP contribution in [0.3, 0.4) is 0 Å². The summed E-state index contributed by atoms with van der Waals surface area (Å²) in [5.41, 5.74) is 17.5. The van der Waals surface area contributed by atoms with Crippen LogP contribution < -0.4 is 4.74 Å². The van der Waals surface area contributed by atoms with E-state index < -0.39 is 5.41 Å². The van der Waals surface area contributed by atoms with Gasteiger partial charge in [0.1, 0.15) is 11.5 Å². The van der Waals surface area contributed by atoms with Gasteiger partial charge in [0.05, 0.1) is 5.41 Å². The quantitative estimate of drug-likeness (QED) is 0.180. The van der Waals surface area contributed by atoms with Crippen LogP contribution in [0.2, 0.25) is 0 Å². The number of hydrogen-bond acceptors (Lipinski definition) is 1. The molecule has 12 rings (SSSR count). The maximum atomic E-state index is 6.49. The summed E-state index contributed by atoms with van der Waals surface area (Å²) in [4.78, 5) is 0. The first-order chi connectivity index (χ1) is 25.8. The minimum Gasteiger partial charge on any atom is -0.456 e. The average molecular weight is 659 g/mol. The SMILES string of the molecule is c1ccc(-c2cccc3c4c(ccc23)-c2ccc(-c3ccc5c(c3)-c3cccc6cccc(c36)O5)cc2C42c3ccccc3-c3ccccc32)cc1. The van der Waals surface area contributed by atoms with E-state index >= 15 is 0 Å². The van der Waals surface area contributed by atoms with Crippen molar-refractivity contribution in [1.82, 2.24) is 0 Å². The van der Waals surface area contributed by atoms with Crippen molar-refractivity contribution in [2.24, 2.45) is 0 Å². The van der Waals surface area contributed by atoms with E-state index in [0.717, 1.165) is 17.1 Å². The lowest BCUT2D eigenvalue weighted by Gasteiger charge is -2.32. The number of hydrogen-bond donors (Lipinski definition) is 0. The van der Waals surface area contributed by atoms with Crippen molar-refractivity contribution in [2.45, 2.75) is 5.41 Å². The first kappa shape index (κ1) is 28.0. The highest BCUT2D eigenvalue weighted by Crippen LogP contribution is 2.64. The highest BCUT2D eigenvalue weighted by molar-refractivity contribution is 6.08. The molecular weight excluding hydrogens is 629 g/mol. The topological polar surface area (TPSA) is 9.23 Å². The summed E-state index contributed by atoms with van der Waals surface area (Å²) < 4.78 is 6.49. The van der Waals surface area contributed by atoms with Gasteiger partial charge in [0.2, 0.25) is 0 Å². The molecule has 1 aliphatic heterocycles. The van der Waals surface area contributed by atoms with E-state index in [0.29, 0.717) is 0 Å². The standard InChI is InChI=1S/C51H30O/c1-2-11-31(12-3-1)35-17-10-19-41-36(35)26-27-42-39-25-23-34(33-24-28-47-43(29-33)40-18-8-13-32-14-9-22-48(52-47)49(32)40)30-46(39)51(50(41)42)44-20-6-4-15-37(44)38-16-5-7-21-45(38)51/h1-30H. The molecule has 0 N–H and O–H groups in total. The highest BCUT2D eigenvalue weighted by Gasteiger charge is 2.52. The predicted molar refractivity (Wildman–Crippen MR) is 214 cm³/mol. The van der Waals surface area contributed by atoms with Crippen molar-refractivity contribution in [2.75, 3.05) is 0 Å². The van der Waals surface area contributed by atoms with Gasteiger partial charge in [-0.25, -0.2) is 0 Å². The maximum Gasteiger partial charge on any atom is 0.135 e. The molecule has 9 aromatic carbocycles. The Balaban J connectivity index is 1.14. The Morgan fingerprint density at radius 1 is 0.327 bits per heavy atom. The molecule has 0 atom stereocenters. The fraction of sp³-hybridized carbons (Fsp3) is 0.0196. The number of fused-ring (bicyclic) bond motifs is 14. The van der Waals surface area contributed by atoms with Crippen LogP contribution >= 0.6 is 0 Å². The minimum atomic E-state index is -0.468. The van der Waals surface area contributed by atoms with Crippen molar-refractivity contribution < 1.29 is 4.74 Å². The van der Waals surface area contributed by atoms with E-state index in [2.05, 4.69) is 182 Å². The molecule has 3 aliphatic rings. The molecule has 1 heterocycles.